The molecular formula is C14H14N4O2. The first-order valence-corrected chi connectivity index (χ1v) is 6.43. The smallest absolute Gasteiger partial charge is 0.311 e. The number of aromatic nitrogens is 1. The lowest BCUT2D eigenvalue weighted by Gasteiger charge is -2.22. The molecule has 20 heavy (non-hydrogen) atoms. The first-order chi connectivity index (χ1) is 9.77. The normalized spacial score (nSPS) is 14.5. The number of rotatable bonds is 2. The fourth-order valence-corrected chi connectivity index (χ4v) is 2.42. The van der Waals surface area contributed by atoms with Gasteiger partial charge in [-0.25, -0.2) is 4.98 Å². The Morgan fingerprint density at radius 2 is 2.10 bits per heavy atom. The maximum atomic E-state index is 11.2. The molecule has 1 aliphatic rings. The van der Waals surface area contributed by atoms with Gasteiger partial charge < -0.3 is 10.2 Å². The lowest BCUT2D eigenvalue weighted by Crippen LogP contribution is -2.25. The standard InChI is InChI=1S/C14H14N4O2/c19-18(20)13-6-3-7-16-14(13)17-9-8-15-10-11-4-1-2-5-12(11)17/h1-7,15H,8-10H2. The first-order valence-electron chi connectivity index (χ1n) is 6.43. The highest BCUT2D eigenvalue weighted by molar-refractivity contribution is 5.70. The lowest BCUT2D eigenvalue weighted by molar-refractivity contribution is -0.384. The molecule has 1 aromatic heterocycles. The zero-order valence-electron chi connectivity index (χ0n) is 10.8. The Kier molecular flexibility index (Phi) is 3.30. The predicted octanol–water partition coefficient (Wildman–Crippen LogP) is 2.23. The molecule has 6 nitrogen and oxygen atoms in total. The number of nitro groups is 1. The van der Waals surface area contributed by atoms with Gasteiger partial charge in [0, 0.05) is 37.6 Å². The largest absolute Gasteiger partial charge is 0.319 e. The summed E-state index contributed by atoms with van der Waals surface area (Å²) < 4.78 is 0. The molecule has 2 aromatic rings. The molecule has 0 saturated heterocycles. The van der Waals surface area contributed by atoms with E-state index < -0.39 is 0 Å². The van der Waals surface area contributed by atoms with Crippen LogP contribution in [-0.4, -0.2) is 23.0 Å². The van der Waals surface area contributed by atoms with Crippen LogP contribution in [-0.2, 0) is 6.54 Å². The van der Waals surface area contributed by atoms with Gasteiger partial charge in [0.1, 0.15) is 0 Å². The average molecular weight is 270 g/mol. The van der Waals surface area contributed by atoms with Gasteiger partial charge in [-0.05, 0) is 17.7 Å². The van der Waals surface area contributed by atoms with Gasteiger partial charge in [-0.15, -0.1) is 0 Å². The zero-order chi connectivity index (χ0) is 13.9. The van der Waals surface area contributed by atoms with Crippen molar-refractivity contribution in [1.29, 1.82) is 0 Å². The number of hydrogen-bond donors (Lipinski definition) is 1. The molecule has 0 aliphatic carbocycles. The third kappa shape index (κ3) is 2.21. The first kappa shape index (κ1) is 12.6. The van der Waals surface area contributed by atoms with Crippen molar-refractivity contribution in [3.8, 4) is 0 Å². The van der Waals surface area contributed by atoms with Crippen molar-refractivity contribution >= 4 is 17.2 Å². The molecule has 0 radical (unpaired) electrons. The molecule has 1 aliphatic heterocycles. The van der Waals surface area contributed by atoms with Crippen LogP contribution < -0.4 is 10.2 Å². The Hall–Kier alpha value is -2.47. The molecule has 0 saturated carbocycles. The number of hydrogen-bond acceptors (Lipinski definition) is 5. The van der Waals surface area contributed by atoms with Crippen LogP contribution in [0.1, 0.15) is 5.56 Å². The van der Waals surface area contributed by atoms with Crippen molar-refractivity contribution in [3.63, 3.8) is 0 Å². The Morgan fingerprint density at radius 3 is 2.95 bits per heavy atom. The monoisotopic (exact) mass is 270 g/mol. The summed E-state index contributed by atoms with van der Waals surface area (Å²) in [4.78, 5) is 16.9. The van der Waals surface area contributed by atoms with Gasteiger partial charge in [0.25, 0.3) is 0 Å². The Morgan fingerprint density at radius 1 is 1.25 bits per heavy atom. The summed E-state index contributed by atoms with van der Waals surface area (Å²) in [5.74, 6) is 0.397. The topological polar surface area (TPSA) is 71.3 Å². The summed E-state index contributed by atoms with van der Waals surface area (Å²) in [6, 6.07) is 11.0. The number of benzene rings is 1. The molecule has 1 N–H and O–H groups in total. The average Bonchev–Trinajstić information content (AvgIpc) is 2.69. The van der Waals surface area contributed by atoms with Gasteiger partial charge in [-0.2, -0.15) is 0 Å². The molecule has 1 aromatic carbocycles. The molecule has 0 atom stereocenters. The molecular weight excluding hydrogens is 256 g/mol. The second-order valence-electron chi connectivity index (χ2n) is 4.56. The van der Waals surface area contributed by atoms with Gasteiger partial charge in [0.15, 0.2) is 0 Å². The second kappa shape index (κ2) is 5.26. The maximum absolute atomic E-state index is 11.2. The van der Waals surface area contributed by atoms with E-state index in [0.717, 1.165) is 24.3 Å². The van der Waals surface area contributed by atoms with E-state index in [9.17, 15) is 10.1 Å². The van der Waals surface area contributed by atoms with E-state index >= 15 is 0 Å². The van der Waals surface area contributed by atoms with E-state index in [2.05, 4.69) is 10.3 Å². The molecule has 2 heterocycles. The molecule has 102 valence electrons. The molecule has 0 fully saturated rings. The summed E-state index contributed by atoms with van der Waals surface area (Å²) in [5, 5.41) is 14.5. The van der Waals surface area contributed by atoms with E-state index in [1.165, 1.54) is 6.07 Å². The van der Waals surface area contributed by atoms with E-state index in [1.54, 1.807) is 12.3 Å². The maximum Gasteiger partial charge on any atom is 0.311 e. The number of para-hydroxylation sites is 1. The number of anilines is 2. The summed E-state index contributed by atoms with van der Waals surface area (Å²) in [6.45, 7) is 2.16. The minimum atomic E-state index is -0.386. The predicted molar refractivity (Wildman–Crippen MR) is 76.0 cm³/mol. The van der Waals surface area contributed by atoms with E-state index in [0.29, 0.717) is 12.4 Å². The number of nitrogens with zero attached hydrogens (tertiary/aromatic N) is 3. The number of fused-ring (bicyclic) bond motifs is 1. The van der Waals surface area contributed by atoms with Crippen LogP contribution in [0.25, 0.3) is 0 Å². The minimum absolute atomic E-state index is 0.0317. The quantitative estimate of drug-likeness (QED) is 0.669. The summed E-state index contributed by atoms with van der Waals surface area (Å²) >= 11 is 0. The van der Waals surface area contributed by atoms with Crippen LogP contribution in [0.2, 0.25) is 0 Å². The fourth-order valence-electron chi connectivity index (χ4n) is 2.42. The molecule has 0 unspecified atom stereocenters. The zero-order valence-corrected chi connectivity index (χ0v) is 10.8. The highest BCUT2D eigenvalue weighted by Crippen LogP contribution is 2.33. The molecule has 0 bridgehead atoms. The van der Waals surface area contributed by atoms with Crippen molar-refractivity contribution in [2.24, 2.45) is 0 Å². The Bertz CT molecular complexity index is 645. The Labute approximate surface area is 116 Å². The SMILES string of the molecule is O=[N+]([O-])c1cccnc1N1CCNCc2ccccc21. The van der Waals surface area contributed by atoms with Crippen LogP contribution in [0, 0.1) is 10.1 Å². The fraction of sp³-hybridized carbons (Fsp3) is 0.214. The molecule has 3 rings (SSSR count). The van der Waals surface area contributed by atoms with Crippen LogP contribution >= 0.6 is 0 Å². The second-order valence-corrected chi connectivity index (χ2v) is 4.56. The van der Waals surface area contributed by atoms with E-state index in [1.807, 2.05) is 29.2 Å². The van der Waals surface area contributed by atoms with Gasteiger partial charge in [-0.3, -0.25) is 10.1 Å². The highest BCUT2D eigenvalue weighted by atomic mass is 16.6. The highest BCUT2D eigenvalue weighted by Gasteiger charge is 2.24. The Balaban J connectivity index is 2.13. The summed E-state index contributed by atoms with van der Waals surface area (Å²) in [7, 11) is 0. The van der Waals surface area contributed by atoms with Crippen molar-refractivity contribution in [2.75, 3.05) is 18.0 Å². The summed E-state index contributed by atoms with van der Waals surface area (Å²) in [5.41, 5.74) is 2.12. The molecule has 6 heteroatoms. The summed E-state index contributed by atoms with van der Waals surface area (Å²) in [6.07, 6.45) is 1.59. The van der Waals surface area contributed by atoms with Crippen LogP contribution in [0.5, 0.6) is 0 Å². The van der Waals surface area contributed by atoms with Crippen molar-refractivity contribution in [1.82, 2.24) is 10.3 Å². The van der Waals surface area contributed by atoms with Crippen LogP contribution in [0.15, 0.2) is 42.6 Å². The minimum Gasteiger partial charge on any atom is -0.319 e. The van der Waals surface area contributed by atoms with E-state index in [4.69, 9.17) is 0 Å². The third-order valence-corrected chi connectivity index (χ3v) is 3.33. The van der Waals surface area contributed by atoms with Crippen LogP contribution in [0.4, 0.5) is 17.2 Å². The third-order valence-electron chi connectivity index (χ3n) is 3.33. The van der Waals surface area contributed by atoms with Gasteiger partial charge in [-0.1, -0.05) is 18.2 Å². The van der Waals surface area contributed by atoms with Crippen molar-refractivity contribution in [3.05, 3.63) is 58.3 Å². The van der Waals surface area contributed by atoms with Crippen molar-refractivity contribution < 1.29 is 4.92 Å². The van der Waals surface area contributed by atoms with Gasteiger partial charge >= 0.3 is 5.69 Å². The van der Waals surface area contributed by atoms with Gasteiger partial charge in [0.2, 0.25) is 5.82 Å². The van der Waals surface area contributed by atoms with E-state index in [-0.39, 0.29) is 10.6 Å². The number of nitrogens with one attached hydrogen (secondary N) is 1. The molecule has 0 amide bonds. The lowest BCUT2D eigenvalue weighted by atomic mass is 10.1. The molecule has 0 spiro atoms. The van der Waals surface area contributed by atoms with Crippen molar-refractivity contribution in [2.45, 2.75) is 6.54 Å². The van der Waals surface area contributed by atoms with Gasteiger partial charge in [0.05, 0.1) is 4.92 Å². The van der Waals surface area contributed by atoms with Crippen LogP contribution in [0.3, 0.4) is 0 Å². The number of pyridine rings is 1.